The van der Waals surface area contributed by atoms with Crippen LogP contribution in [0.15, 0.2) is 0 Å². The number of rotatable bonds is 7. The third-order valence-corrected chi connectivity index (χ3v) is 6.96. The van der Waals surface area contributed by atoms with Gasteiger partial charge in [0, 0.05) is 19.1 Å². The average Bonchev–Trinajstić information content (AvgIpc) is 2.98. The highest BCUT2D eigenvalue weighted by molar-refractivity contribution is 7.89. The van der Waals surface area contributed by atoms with E-state index in [2.05, 4.69) is 24.1 Å². The Bertz CT molecular complexity index is 403. The minimum atomic E-state index is -3.06. The summed E-state index contributed by atoms with van der Waals surface area (Å²) in [5.41, 5.74) is 0. The minimum Gasteiger partial charge on any atom is -0.317 e. The maximum Gasteiger partial charge on any atom is 0.214 e. The molecule has 2 aliphatic rings. The molecule has 0 aromatic rings. The van der Waals surface area contributed by atoms with Crippen molar-refractivity contribution in [2.45, 2.75) is 45.6 Å². The van der Waals surface area contributed by atoms with Crippen molar-refractivity contribution in [3.8, 4) is 0 Å². The highest BCUT2D eigenvalue weighted by Gasteiger charge is 2.33. The first-order valence-corrected chi connectivity index (χ1v) is 10.1. The van der Waals surface area contributed by atoms with Crippen molar-refractivity contribution in [3.63, 3.8) is 0 Å². The molecule has 6 heteroatoms. The molecule has 2 heterocycles. The molecular weight excluding hydrogens is 286 g/mol. The Morgan fingerprint density at radius 1 is 1.14 bits per heavy atom. The van der Waals surface area contributed by atoms with Gasteiger partial charge in [0.15, 0.2) is 0 Å². The monoisotopic (exact) mass is 317 g/mol. The van der Waals surface area contributed by atoms with Gasteiger partial charge in [0.25, 0.3) is 0 Å². The first-order valence-electron chi connectivity index (χ1n) is 8.49. The molecule has 2 rings (SSSR count). The van der Waals surface area contributed by atoms with E-state index in [1.807, 2.05) is 0 Å². The molecule has 0 aromatic carbocycles. The fourth-order valence-corrected chi connectivity index (χ4v) is 5.29. The van der Waals surface area contributed by atoms with Crippen molar-refractivity contribution >= 4 is 10.0 Å². The van der Waals surface area contributed by atoms with E-state index in [0.717, 1.165) is 51.9 Å². The lowest BCUT2D eigenvalue weighted by atomic mass is 9.96. The quantitative estimate of drug-likeness (QED) is 0.764. The lowest BCUT2D eigenvalue weighted by molar-refractivity contribution is 0.224. The molecule has 1 unspecified atom stereocenters. The molecule has 2 aliphatic heterocycles. The third-order valence-electron chi connectivity index (χ3n) is 5.09. The molecule has 1 atom stereocenters. The molecule has 0 aliphatic carbocycles. The van der Waals surface area contributed by atoms with E-state index in [0.29, 0.717) is 30.8 Å². The predicted octanol–water partition coefficient (Wildman–Crippen LogP) is 1.12. The van der Waals surface area contributed by atoms with Crippen LogP contribution in [0.1, 0.15) is 39.5 Å². The van der Waals surface area contributed by atoms with Crippen LogP contribution in [-0.4, -0.2) is 68.7 Å². The van der Waals surface area contributed by atoms with Gasteiger partial charge in [-0.3, -0.25) is 4.90 Å². The predicted molar refractivity (Wildman–Crippen MR) is 86.9 cm³/mol. The first-order chi connectivity index (χ1) is 10.1. The van der Waals surface area contributed by atoms with E-state index in [1.54, 1.807) is 4.31 Å². The Morgan fingerprint density at radius 2 is 1.81 bits per heavy atom. The van der Waals surface area contributed by atoms with Crippen LogP contribution in [0.2, 0.25) is 0 Å². The summed E-state index contributed by atoms with van der Waals surface area (Å²) in [5, 5.41) is 3.33. The molecule has 0 amide bonds. The smallest absolute Gasteiger partial charge is 0.214 e. The molecule has 0 bridgehead atoms. The number of hydrogen-bond acceptors (Lipinski definition) is 4. The normalized spacial score (nSPS) is 25.8. The molecule has 0 radical (unpaired) electrons. The summed E-state index contributed by atoms with van der Waals surface area (Å²) >= 11 is 0. The summed E-state index contributed by atoms with van der Waals surface area (Å²) < 4.78 is 26.8. The van der Waals surface area contributed by atoms with Gasteiger partial charge in [-0.1, -0.05) is 13.8 Å². The van der Waals surface area contributed by atoms with E-state index in [-0.39, 0.29) is 0 Å². The van der Waals surface area contributed by atoms with Gasteiger partial charge in [-0.15, -0.1) is 0 Å². The van der Waals surface area contributed by atoms with Crippen LogP contribution < -0.4 is 5.32 Å². The third kappa shape index (κ3) is 4.65. The maximum absolute atomic E-state index is 12.5. The van der Waals surface area contributed by atoms with Crippen LogP contribution in [0, 0.1) is 5.92 Å². The fourth-order valence-electron chi connectivity index (χ4n) is 3.62. The SMILES string of the molecule is CCN(CC)C1CCN(S(=O)(=O)CCC2CCNCC2)C1. The van der Waals surface area contributed by atoms with Gasteiger partial charge in [-0.2, -0.15) is 0 Å². The highest BCUT2D eigenvalue weighted by Crippen LogP contribution is 2.22. The number of sulfonamides is 1. The standard InChI is InChI=1S/C15H31N3O2S/c1-3-17(4-2)15-7-11-18(13-15)21(19,20)12-8-14-5-9-16-10-6-14/h14-16H,3-13H2,1-2H3. The van der Waals surface area contributed by atoms with Crippen LogP contribution in [0.25, 0.3) is 0 Å². The largest absolute Gasteiger partial charge is 0.317 e. The minimum absolute atomic E-state index is 0.336. The summed E-state index contributed by atoms with van der Waals surface area (Å²) in [6.07, 6.45) is 4.06. The van der Waals surface area contributed by atoms with Crippen LogP contribution in [0.4, 0.5) is 0 Å². The molecule has 0 spiro atoms. The number of nitrogens with zero attached hydrogens (tertiary/aromatic N) is 2. The zero-order valence-electron chi connectivity index (χ0n) is 13.6. The van der Waals surface area contributed by atoms with Crippen molar-refractivity contribution in [3.05, 3.63) is 0 Å². The van der Waals surface area contributed by atoms with Crippen LogP contribution in [0.3, 0.4) is 0 Å². The van der Waals surface area contributed by atoms with E-state index in [4.69, 9.17) is 0 Å². The Kier molecular flexibility index (Phi) is 6.47. The molecule has 0 aromatic heterocycles. The Hall–Kier alpha value is -0.170. The first kappa shape index (κ1) is 17.2. The number of likely N-dealkylation sites (N-methyl/N-ethyl adjacent to an activating group) is 1. The van der Waals surface area contributed by atoms with E-state index >= 15 is 0 Å². The second-order valence-electron chi connectivity index (χ2n) is 6.32. The van der Waals surface area contributed by atoms with Crippen molar-refractivity contribution in [2.24, 2.45) is 5.92 Å². The molecule has 2 fully saturated rings. The van der Waals surface area contributed by atoms with E-state index in [9.17, 15) is 8.42 Å². The summed E-state index contributed by atoms with van der Waals surface area (Å²) in [6, 6.07) is 0.411. The van der Waals surface area contributed by atoms with Crippen molar-refractivity contribution < 1.29 is 8.42 Å². The number of nitrogens with one attached hydrogen (secondary N) is 1. The Labute approximate surface area is 130 Å². The number of piperidine rings is 1. The van der Waals surface area contributed by atoms with Crippen molar-refractivity contribution in [2.75, 3.05) is 45.0 Å². The zero-order valence-corrected chi connectivity index (χ0v) is 14.4. The second-order valence-corrected chi connectivity index (χ2v) is 8.41. The maximum atomic E-state index is 12.5. The highest BCUT2D eigenvalue weighted by atomic mass is 32.2. The lowest BCUT2D eigenvalue weighted by Crippen LogP contribution is -2.39. The van der Waals surface area contributed by atoms with E-state index < -0.39 is 10.0 Å². The van der Waals surface area contributed by atoms with Crippen LogP contribution in [0.5, 0.6) is 0 Å². The zero-order chi connectivity index (χ0) is 15.3. The summed E-state index contributed by atoms with van der Waals surface area (Å²) in [4.78, 5) is 2.38. The van der Waals surface area contributed by atoms with Gasteiger partial charge < -0.3 is 5.32 Å². The summed E-state index contributed by atoms with van der Waals surface area (Å²) in [5.74, 6) is 0.921. The molecule has 124 valence electrons. The molecule has 2 saturated heterocycles. The average molecular weight is 317 g/mol. The summed E-state index contributed by atoms with van der Waals surface area (Å²) in [7, 11) is -3.06. The second kappa shape index (κ2) is 7.90. The summed E-state index contributed by atoms with van der Waals surface area (Å²) in [6.45, 7) is 9.78. The Morgan fingerprint density at radius 3 is 2.43 bits per heavy atom. The number of hydrogen-bond donors (Lipinski definition) is 1. The van der Waals surface area contributed by atoms with Gasteiger partial charge in [0.2, 0.25) is 10.0 Å². The molecule has 5 nitrogen and oxygen atoms in total. The van der Waals surface area contributed by atoms with E-state index in [1.165, 1.54) is 0 Å². The lowest BCUT2D eigenvalue weighted by Gasteiger charge is -2.26. The van der Waals surface area contributed by atoms with Crippen LogP contribution >= 0.6 is 0 Å². The molecule has 21 heavy (non-hydrogen) atoms. The molecular formula is C15H31N3O2S. The van der Waals surface area contributed by atoms with Gasteiger partial charge in [-0.05, 0) is 57.8 Å². The van der Waals surface area contributed by atoms with Crippen molar-refractivity contribution in [1.29, 1.82) is 0 Å². The van der Waals surface area contributed by atoms with Crippen LogP contribution in [-0.2, 0) is 10.0 Å². The topological polar surface area (TPSA) is 52.7 Å². The van der Waals surface area contributed by atoms with Crippen molar-refractivity contribution in [1.82, 2.24) is 14.5 Å². The Balaban J connectivity index is 1.82. The fraction of sp³-hybridized carbons (Fsp3) is 1.00. The van der Waals surface area contributed by atoms with Gasteiger partial charge in [0.05, 0.1) is 5.75 Å². The van der Waals surface area contributed by atoms with Gasteiger partial charge in [-0.25, -0.2) is 12.7 Å². The molecule has 0 saturated carbocycles. The van der Waals surface area contributed by atoms with Gasteiger partial charge >= 0.3 is 0 Å². The van der Waals surface area contributed by atoms with Gasteiger partial charge in [0.1, 0.15) is 0 Å². The molecule has 1 N–H and O–H groups in total.